The van der Waals surface area contributed by atoms with Gasteiger partial charge in [-0.15, -0.1) is 0 Å². The fourth-order valence-electron chi connectivity index (χ4n) is 3.42. The van der Waals surface area contributed by atoms with Gasteiger partial charge in [-0.25, -0.2) is 9.59 Å². The molecule has 0 fully saturated rings. The van der Waals surface area contributed by atoms with E-state index in [4.69, 9.17) is 14.2 Å². The summed E-state index contributed by atoms with van der Waals surface area (Å²) in [7, 11) is 2.86. The molecule has 0 spiro atoms. The SMILES string of the molecule is COC(=O)C1=C(C)NC(=O)NC1c1ccc(OCc2cc(C)ccc2C)c(OC)c1. The number of allylic oxidation sites excluding steroid dienone is 1. The van der Waals surface area contributed by atoms with Crippen molar-refractivity contribution < 1.29 is 23.8 Å². The number of hydrogen-bond acceptors (Lipinski definition) is 5. The van der Waals surface area contributed by atoms with Gasteiger partial charge in [0.1, 0.15) is 6.61 Å². The largest absolute Gasteiger partial charge is 0.493 e. The summed E-state index contributed by atoms with van der Waals surface area (Å²) in [5.74, 6) is 0.564. The molecule has 1 unspecified atom stereocenters. The second kappa shape index (κ2) is 8.90. The molecule has 0 saturated carbocycles. The van der Waals surface area contributed by atoms with Crippen LogP contribution in [0.3, 0.4) is 0 Å². The van der Waals surface area contributed by atoms with Gasteiger partial charge in [0.2, 0.25) is 0 Å². The minimum atomic E-state index is -0.659. The van der Waals surface area contributed by atoms with Crippen LogP contribution < -0.4 is 20.1 Å². The van der Waals surface area contributed by atoms with Gasteiger partial charge >= 0.3 is 12.0 Å². The Bertz CT molecular complexity index is 1010. The first-order chi connectivity index (χ1) is 14.3. The van der Waals surface area contributed by atoms with Gasteiger partial charge in [-0.1, -0.05) is 29.8 Å². The first-order valence-corrected chi connectivity index (χ1v) is 9.57. The first kappa shape index (κ1) is 21.2. The molecule has 1 aliphatic heterocycles. The number of esters is 1. The number of carbonyl (C=O) groups is 2. The summed E-state index contributed by atoms with van der Waals surface area (Å²) in [5, 5.41) is 5.37. The van der Waals surface area contributed by atoms with Crippen LogP contribution in [0.1, 0.15) is 35.2 Å². The molecule has 0 aliphatic carbocycles. The van der Waals surface area contributed by atoms with Crippen LogP contribution in [0.15, 0.2) is 47.7 Å². The van der Waals surface area contributed by atoms with Crippen molar-refractivity contribution in [2.45, 2.75) is 33.4 Å². The lowest BCUT2D eigenvalue weighted by atomic mass is 9.95. The summed E-state index contributed by atoms with van der Waals surface area (Å²) in [4.78, 5) is 24.3. The van der Waals surface area contributed by atoms with Crippen LogP contribution in [0.4, 0.5) is 4.79 Å². The summed E-state index contributed by atoms with van der Waals surface area (Å²) in [6.45, 7) is 6.15. The number of aryl methyl sites for hydroxylation is 2. The maximum atomic E-state index is 12.3. The van der Waals surface area contributed by atoms with Crippen LogP contribution in [0.2, 0.25) is 0 Å². The third-order valence-electron chi connectivity index (χ3n) is 5.08. The minimum Gasteiger partial charge on any atom is -0.493 e. The summed E-state index contributed by atoms with van der Waals surface area (Å²) in [5.41, 5.74) is 4.88. The summed E-state index contributed by atoms with van der Waals surface area (Å²) < 4.78 is 16.4. The molecule has 2 aromatic rings. The van der Waals surface area contributed by atoms with Gasteiger partial charge in [0.05, 0.1) is 25.8 Å². The lowest BCUT2D eigenvalue weighted by molar-refractivity contribution is -0.136. The molecule has 3 rings (SSSR count). The molecular formula is C23H26N2O5. The predicted molar refractivity (Wildman–Crippen MR) is 112 cm³/mol. The normalized spacial score (nSPS) is 15.9. The standard InChI is InChI=1S/C23H26N2O5/c1-13-6-7-14(2)17(10-13)12-30-18-9-8-16(11-19(18)28-4)21-20(22(26)29-5)15(3)24-23(27)25-21/h6-11,21H,12H2,1-5H3,(H2,24,25,27). The molecule has 0 radical (unpaired) electrons. The zero-order valence-corrected chi connectivity index (χ0v) is 17.8. The highest BCUT2D eigenvalue weighted by atomic mass is 16.5. The monoisotopic (exact) mass is 410 g/mol. The number of rotatable bonds is 6. The molecule has 7 heteroatoms. The number of methoxy groups -OCH3 is 2. The quantitative estimate of drug-likeness (QED) is 0.710. The third kappa shape index (κ3) is 4.40. The molecule has 0 aromatic heterocycles. The van der Waals surface area contributed by atoms with Crippen molar-refractivity contribution in [1.82, 2.24) is 10.6 Å². The lowest BCUT2D eigenvalue weighted by Crippen LogP contribution is -2.45. The molecule has 0 bridgehead atoms. The van der Waals surface area contributed by atoms with Crippen LogP contribution in [0.5, 0.6) is 11.5 Å². The van der Waals surface area contributed by atoms with E-state index in [1.807, 2.05) is 13.8 Å². The Balaban J connectivity index is 1.89. The Morgan fingerprint density at radius 3 is 2.50 bits per heavy atom. The van der Waals surface area contributed by atoms with E-state index in [0.29, 0.717) is 34.9 Å². The number of ether oxygens (including phenoxy) is 3. The van der Waals surface area contributed by atoms with E-state index in [1.54, 1.807) is 32.2 Å². The van der Waals surface area contributed by atoms with Crippen molar-refractivity contribution in [3.05, 3.63) is 69.9 Å². The topological polar surface area (TPSA) is 85.9 Å². The fraction of sp³-hybridized carbons (Fsp3) is 0.304. The average molecular weight is 410 g/mol. The van der Waals surface area contributed by atoms with E-state index in [2.05, 4.69) is 28.8 Å². The predicted octanol–water partition coefficient (Wildman–Crippen LogP) is 3.69. The number of urea groups is 1. The molecule has 158 valence electrons. The average Bonchev–Trinajstić information content (AvgIpc) is 2.73. The van der Waals surface area contributed by atoms with Crippen molar-refractivity contribution >= 4 is 12.0 Å². The lowest BCUT2D eigenvalue weighted by Gasteiger charge is -2.28. The maximum absolute atomic E-state index is 12.3. The molecule has 1 atom stereocenters. The van der Waals surface area contributed by atoms with Crippen molar-refractivity contribution in [2.75, 3.05) is 14.2 Å². The van der Waals surface area contributed by atoms with Gasteiger partial charge in [-0.3, -0.25) is 0 Å². The number of hydrogen-bond donors (Lipinski definition) is 2. The van der Waals surface area contributed by atoms with Crippen LogP contribution in [0.25, 0.3) is 0 Å². The van der Waals surface area contributed by atoms with Crippen molar-refractivity contribution in [3.8, 4) is 11.5 Å². The van der Waals surface area contributed by atoms with Crippen molar-refractivity contribution in [2.24, 2.45) is 0 Å². The van der Waals surface area contributed by atoms with Gasteiger partial charge in [0.15, 0.2) is 11.5 Å². The first-order valence-electron chi connectivity index (χ1n) is 9.57. The van der Waals surface area contributed by atoms with Gasteiger partial charge in [0.25, 0.3) is 0 Å². The van der Waals surface area contributed by atoms with Gasteiger partial charge in [0, 0.05) is 5.70 Å². The van der Waals surface area contributed by atoms with Gasteiger partial charge in [-0.05, 0) is 49.6 Å². The fourth-order valence-corrected chi connectivity index (χ4v) is 3.42. The van der Waals surface area contributed by atoms with Crippen molar-refractivity contribution in [1.29, 1.82) is 0 Å². The van der Waals surface area contributed by atoms with Crippen LogP contribution in [-0.2, 0) is 16.1 Å². The van der Waals surface area contributed by atoms with E-state index in [0.717, 1.165) is 11.1 Å². The highest BCUT2D eigenvalue weighted by Crippen LogP contribution is 2.35. The van der Waals surface area contributed by atoms with E-state index in [1.165, 1.54) is 12.7 Å². The molecule has 0 saturated heterocycles. The zero-order chi connectivity index (χ0) is 21.8. The molecule has 30 heavy (non-hydrogen) atoms. The van der Waals surface area contributed by atoms with E-state index >= 15 is 0 Å². The third-order valence-corrected chi connectivity index (χ3v) is 5.08. The van der Waals surface area contributed by atoms with Crippen LogP contribution in [0, 0.1) is 13.8 Å². The van der Waals surface area contributed by atoms with E-state index < -0.39 is 12.0 Å². The number of benzene rings is 2. The smallest absolute Gasteiger partial charge is 0.337 e. The second-order valence-corrected chi connectivity index (χ2v) is 7.19. The van der Waals surface area contributed by atoms with E-state index in [9.17, 15) is 9.59 Å². The molecule has 7 nitrogen and oxygen atoms in total. The van der Waals surface area contributed by atoms with Crippen LogP contribution in [-0.4, -0.2) is 26.2 Å². The second-order valence-electron chi connectivity index (χ2n) is 7.19. The van der Waals surface area contributed by atoms with Crippen LogP contribution >= 0.6 is 0 Å². The highest BCUT2D eigenvalue weighted by Gasteiger charge is 2.32. The van der Waals surface area contributed by atoms with Gasteiger partial charge < -0.3 is 24.8 Å². The number of nitrogens with one attached hydrogen (secondary N) is 2. The van der Waals surface area contributed by atoms with Gasteiger partial charge in [-0.2, -0.15) is 0 Å². The molecule has 2 N–H and O–H groups in total. The highest BCUT2D eigenvalue weighted by molar-refractivity contribution is 5.95. The minimum absolute atomic E-state index is 0.336. The molecule has 1 heterocycles. The number of amides is 2. The molecular weight excluding hydrogens is 384 g/mol. The summed E-state index contributed by atoms with van der Waals surface area (Å²) in [6.07, 6.45) is 0. The Morgan fingerprint density at radius 1 is 1.03 bits per heavy atom. The van der Waals surface area contributed by atoms with Crippen molar-refractivity contribution in [3.63, 3.8) is 0 Å². The maximum Gasteiger partial charge on any atom is 0.337 e. The summed E-state index contributed by atoms with van der Waals surface area (Å²) in [6, 6.07) is 10.5. The molecule has 1 aliphatic rings. The molecule has 2 aromatic carbocycles. The zero-order valence-electron chi connectivity index (χ0n) is 17.8. The Morgan fingerprint density at radius 2 is 1.80 bits per heavy atom. The Hall–Kier alpha value is -3.48. The van der Waals surface area contributed by atoms with E-state index in [-0.39, 0.29) is 6.03 Å². The summed E-state index contributed by atoms with van der Waals surface area (Å²) >= 11 is 0. The molecule has 2 amide bonds. The Kier molecular flexibility index (Phi) is 6.30. The Labute approximate surface area is 176 Å². The number of carbonyl (C=O) groups excluding carboxylic acids is 2.